The molecule has 1 aromatic rings. The van der Waals surface area contributed by atoms with Crippen molar-refractivity contribution in [3.05, 3.63) is 23.8 Å². The summed E-state index contributed by atoms with van der Waals surface area (Å²) in [5, 5.41) is 0. The Bertz CT molecular complexity index is 360. The molecule has 1 heterocycles. The van der Waals surface area contributed by atoms with Crippen molar-refractivity contribution in [2.75, 3.05) is 12.9 Å². The Morgan fingerprint density at radius 1 is 1.43 bits per heavy atom. The lowest BCUT2D eigenvalue weighted by Crippen LogP contribution is -1.97. The Balaban J connectivity index is 2.44. The Labute approximate surface area is 87.6 Å². The third-order valence-corrected chi connectivity index (χ3v) is 3.02. The monoisotopic (exact) mass is 208 g/mol. The van der Waals surface area contributed by atoms with Gasteiger partial charge in [0.05, 0.1) is 12.2 Å². The fourth-order valence-electron chi connectivity index (χ4n) is 1.53. The fraction of sp³-hybridized carbons (Fsp3) is 0.364. The fourth-order valence-corrected chi connectivity index (χ4v) is 1.97. The van der Waals surface area contributed by atoms with Crippen molar-refractivity contribution in [2.45, 2.75) is 17.7 Å². The second kappa shape index (κ2) is 4.05. The highest BCUT2D eigenvalue weighted by Gasteiger charge is 2.16. The number of benzene rings is 1. The molecule has 2 rings (SSSR count). The van der Waals surface area contributed by atoms with Crippen molar-refractivity contribution in [3.8, 4) is 5.75 Å². The lowest BCUT2D eigenvalue weighted by molar-refractivity contribution is 0.0983. The van der Waals surface area contributed by atoms with E-state index in [-0.39, 0.29) is 5.78 Å². The van der Waals surface area contributed by atoms with E-state index in [1.165, 1.54) is 0 Å². The molecule has 0 unspecified atom stereocenters. The smallest absolute Gasteiger partial charge is 0.166 e. The molecule has 3 heteroatoms. The van der Waals surface area contributed by atoms with E-state index in [1.807, 2.05) is 24.5 Å². The van der Waals surface area contributed by atoms with Gasteiger partial charge in [0, 0.05) is 11.3 Å². The summed E-state index contributed by atoms with van der Waals surface area (Å²) in [6, 6.07) is 5.81. The van der Waals surface area contributed by atoms with Gasteiger partial charge in [0.1, 0.15) is 5.75 Å². The topological polar surface area (TPSA) is 26.3 Å². The number of fused-ring (bicyclic) bond motifs is 1. The SMILES string of the molecule is CSc1ccc2c(c1)C(=O)CCCO2. The molecule has 1 aliphatic rings. The van der Waals surface area contributed by atoms with Crippen LogP contribution >= 0.6 is 11.8 Å². The third-order valence-electron chi connectivity index (χ3n) is 2.29. The Morgan fingerprint density at radius 2 is 2.29 bits per heavy atom. The number of hydrogen-bond donors (Lipinski definition) is 0. The van der Waals surface area contributed by atoms with Crippen LogP contribution in [0, 0.1) is 0 Å². The molecule has 14 heavy (non-hydrogen) atoms. The number of hydrogen-bond acceptors (Lipinski definition) is 3. The third kappa shape index (κ3) is 1.77. The van der Waals surface area contributed by atoms with E-state index >= 15 is 0 Å². The highest BCUT2D eigenvalue weighted by atomic mass is 32.2. The molecule has 0 amide bonds. The van der Waals surface area contributed by atoms with Crippen molar-refractivity contribution in [1.82, 2.24) is 0 Å². The van der Waals surface area contributed by atoms with Gasteiger partial charge in [-0.1, -0.05) is 0 Å². The molecule has 0 spiro atoms. The minimum atomic E-state index is 0.202. The largest absolute Gasteiger partial charge is 0.493 e. The minimum absolute atomic E-state index is 0.202. The first kappa shape index (κ1) is 9.59. The van der Waals surface area contributed by atoms with Crippen molar-refractivity contribution in [1.29, 1.82) is 0 Å². The van der Waals surface area contributed by atoms with E-state index in [2.05, 4.69) is 0 Å². The molecule has 0 saturated heterocycles. The number of carbonyl (C=O) groups excluding carboxylic acids is 1. The summed E-state index contributed by atoms with van der Waals surface area (Å²) in [5.41, 5.74) is 0.745. The van der Waals surface area contributed by atoms with Crippen molar-refractivity contribution in [3.63, 3.8) is 0 Å². The number of thioether (sulfide) groups is 1. The average molecular weight is 208 g/mol. The van der Waals surface area contributed by atoms with E-state index in [4.69, 9.17) is 4.74 Å². The predicted molar refractivity (Wildman–Crippen MR) is 57.3 cm³/mol. The van der Waals surface area contributed by atoms with Crippen LogP contribution in [0.15, 0.2) is 23.1 Å². The first-order chi connectivity index (χ1) is 6.81. The first-order valence-corrected chi connectivity index (χ1v) is 5.88. The van der Waals surface area contributed by atoms with Crippen LogP contribution in [0.5, 0.6) is 5.75 Å². The van der Waals surface area contributed by atoms with E-state index in [0.29, 0.717) is 13.0 Å². The Hall–Kier alpha value is -0.960. The van der Waals surface area contributed by atoms with Gasteiger partial charge in [-0.15, -0.1) is 11.8 Å². The van der Waals surface area contributed by atoms with Crippen LogP contribution in [-0.4, -0.2) is 18.6 Å². The van der Waals surface area contributed by atoms with Crippen LogP contribution in [0.25, 0.3) is 0 Å². The lowest BCUT2D eigenvalue weighted by Gasteiger charge is -2.06. The van der Waals surface area contributed by atoms with Crippen molar-refractivity contribution >= 4 is 17.5 Å². The summed E-state index contributed by atoms with van der Waals surface area (Å²) in [6.07, 6.45) is 3.43. The van der Waals surface area contributed by atoms with Gasteiger partial charge in [-0.05, 0) is 30.9 Å². The molecule has 1 aromatic carbocycles. The molecule has 0 aliphatic carbocycles. The van der Waals surface area contributed by atoms with E-state index in [1.54, 1.807) is 11.8 Å². The maximum Gasteiger partial charge on any atom is 0.166 e. The van der Waals surface area contributed by atoms with Crippen LogP contribution in [0.4, 0.5) is 0 Å². The standard InChI is InChI=1S/C11H12O2S/c1-14-8-4-5-11-9(7-8)10(12)3-2-6-13-11/h4-5,7H,2-3,6H2,1H3. The minimum Gasteiger partial charge on any atom is -0.493 e. The number of ketones is 1. The quantitative estimate of drug-likeness (QED) is 0.664. The second-order valence-corrected chi connectivity index (χ2v) is 4.12. The van der Waals surface area contributed by atoms with E-state index < -0.39 is 0 Å². The van der Waals surface area contributed by atoms with Gasteiger partial charge < -0.3 is 4.74 Å². The molecule has 2 nitrogen and oxygen atoms in total. The number of rotatable bonds is 1. The molecule has 0 bridgehead atoms. The number of ether oxygens (including phenoxy) is 1. The van der Waals surface area contributed by atoms with Crippen LogP contribution in [0.2, 0.25) is 0 Å². The van der Waals surface area contributed by atoms with Crippen molar-refractivity contribution in [2.24, 2.45) is 0 Å². The molecule has 0 saturated carbocycles. The molecule has 0 fully saturated rings. The predicted octanol–water partition coefficient (Wildman–Crippen LogP) is 2.76. The van der Waals surface area contributed by atoms with Crippen molar-refractivity contribution < 1.29 is 9.53 Å². The van der Waals surface area contributed by atoms with Gasteiger partial charge in [0.2, 0.25) is 0 Å². The molecular formula is C11H12O2S. The van der Waals surface area contributed by atoms with Crippen LogP contribution in [0.1, 0.15) is 23.2 Å². The summed E-state index contributed by atoms with van der Waals surface area (Å²) >= 11 is 1.64. The number of carbonyl (C=O) groups is 1. The van der Waals surface area contributed by atoms with E-state index in [0.717, 1.165) is 22.6 Å². The molecule has 0 atom stereocenters. The number of Topliss-reactive ketones (excluding diaryl/α,β-unsaturated/α-hetero) is 1. The van der Waals surface area contributed by atoms with Gasteiger partial charge in [0.25, 0.3) is 0 Å². The van der Waals surface area contributed by atoms with Gasteiger partial charge in [-0.2, -0.15) is 0 Å². The molecule has 0 aromatic heterocycles. The molecule has 1 aliphatic heterocycles. The Morgan fingerprint density at radius 3 is 3.07 bits per heavy atom. The molecular weight excluding hydrogens is 196 g/mol. The van der Waals surface area contributed by atoms with Crippen LogP contribution in [0.3, 0.4) is 0 Å². The first-order valence-electron chi connectivity index (χ1n) is 4.65. The van der Waals surface area contributed by atoms with Gasteiger partial charge >= 0.3 is 0 Å². The van der Waals surface area contributed by atoms with Crippen LogP contribution in [-0.2, 0) is 0 Å². The molecule has 74 valence electrons. The maximum absolute atomic E-state index is 11.7. The molecule has 0 radical (unpaired) electrons. The Kier molecular flexibility index (Phi) is 2.77. The summed E-state index contributed by atoms with van der Waals surface area (Å²) < 4.78 is 5.49. The maximum atomic E-state index is 11.7. The van der Waals surface area contributed by atoms with Gasteiger partial charge in [-0.3, -0.25) is 4.79 Å². The van der Waals surface area contributed by atoms with Crippen LogP contribution < -0.4 is 4.74 Å². The van der Waals surface area contributed by atoms with Gasteiger partial charge in [0.15, 0.2) is 5.78 Å². The highest BCUT2D eigenvalue weighted by Crippen LogP contribution is 2.28. The average Bonchev–Trinajstić information content (AvgIpc) is 2.40. The molecule has 0 N–H and O–H groups in total. The zero-order chi connectivity index (χ0) is 9.97. The second-order valence-electron chi connectivity index (χ2n) is 3.24. The van der Waals surface area contributed by atoms with E-state index in [9.17, 15) is 4.79 Å². The van der Waals surface area contributed by atoms with Gasteiger partial charge in [-0.25, -0.2) is 0 Å². The summed E-state index contributed by atoms with van der Waals surface area (Å²) in [6.45, 7) is 0.650. The normalized spacial score (nSPS) is 15.6. The zero-order valence-electron chi connectivity index (χ0n) is 8.08. The highest BCUT2D eigenvalue weighted by molar-refractivity contribution is 7.98. The summed E-state index contributed by atoms with van der Waals surface area (Å²) in [4.78, 5) is 12.8. The lowest BCUT2D eigenvalue weighted by atomic mass is 10.1. The zero-order valence-corrected chi connectivity index (χ0v) is 8.89. The summed E-state index contributed by atoms with van der Waals surface area (Å²) in [5.74, 6) is 0.943. The summed E-state index contributed by atoms with van der Waals surface area (Å²) in [7, 11) is 0.